The lowest BCUT2D eigenvalue weighted by Crippen LogP contribution is -2.30. The summed E-state index contributed by atoms with van der Waals surface area (Å²) in [4.78, 5) is 19.8. The molecule has 6 heteroatoms. The standard InChI is InChI=1S/C30H29N5O/c1-19-3-2-4-27-28(19)32-29(35(27)18-20-13-14-34(17-20)30(36)23-9-10-23)22-7-5-21(6-8-22)24-11-12-25-16-31-33-26(25)15-24/h2-8,11-12,15-16,20,23H,9-10,13-14,17-18H2,1H3,(H,31,33). The Labute approximate surface area is 210 Å². The summed E-state index contributed by atoms with van der Waals surface area (Å²) < 4.78 is 2.38. The number of aryl methyl sites for hydroxylation is 1. The summed E-state index contributed by atoms with van der Waals surface area (Å²) in [5, 5.41) is 8.31. The maximum absolute atomic E-state index is 12.6. The van der Waals surface area contributed by atoms with E-state index in [1.165, 1.54) is 16.6 Å². The van der Waals surface area contributed by atoms with E-state index in [0.717, 1.165) is 72.3 Å². The molecule has 1 unspecified atom stereocenters. The van der Waals surface area contributed by atoms with E-state index in [-0.39, 0.29) is 0 Å². The van der Waals surface area contributed by atoms with Crippen molar-refractivity contribution in [2.24, 2.45) is 11.8 Å². The van der Waals surface area contributed by atoms with Crippen LogP contribution in [0.3, 0.4) is 0 Å². The molecule has 1 aliphatic carbocycles. The molecule has 36 heavy (non-hydrogen) atoms. The minimum Gasteiger partial charge on any atom is -0.342 e. The van der Waals surface area contributed by atoms with E-state index in [9.17, 15) is 4.79 Å². The van der Waals surface area contributed by atoms with E-state index in [4.69, 9.17) is 4.98 Å². The number of aromatic amines is 1. The van der Waals surface area contributed by atoms with Crippen molar-refractivity contribution in [2.45, 2.75) is 32.7 Å². The first-order valence-corrected chi connectivity index (χ1v) is 12.9. The summed E-state index contributed by atoms with van der Waals surface area (Å²) >= 11 is 0. The highest BCUT2D eigenvalue weighted by Gasteiger charge is 2.36. The molecular formula is C30H29N5O. The number of nitrogens with zero attached hydrogens (tertiary/aromatic N) is 4. The molecule has 180 valence electrons. The molecule has 1 atom stereocenters. The average Bonchev–Trinajstić information content (AvgIpc) is 3.30. The van der Waals surface area contributed by atoms with Crippen LogP contribution in [0, 0.1) is 18.8 Å². The lowest BCUT2D eigenvalue weighted by atomic mass is 10.0. The summed E-state index contributed by atoms with van der Waals surface area (Å²) in [5.41, 5.74) is 7.90. The molecule has 1 N–H and O–H groups in total. The number of hydrogen-bond donors (Lipinski definition) is 1. The third-order valence-corrected chi connectivity index (χ3v) is 7.86. The monoisotopic (exact) mass is 475 g/mol. The van der Waals surface area contributed by atoms with E-state index in [0.29, 0.717) is 17.7 Å². The van der Waals surface area contributed by atoms with Gasteiger partial charge in [-0.25, -0.2) is 4.98 Å². The van der Waals surface area contributed by atoms with E-state index >= 15 is 0 Å². The Hall–Kier alpha value is -3.93. The van der Waals surface area contributed by atoms with Crippen LogP contribution in [0.1, 0.15) is 24.8 Å². The predicted molar refractivity (Wildman–Crippen MR) is 142 cm³/mol. The number of imidazole rings is 1. The van der Waals surface area contributed by atoms with Gasteiger partial charge in [0.15, 0.2) is 0 Å². The van der Waals surface area contributed by atoms with Gasteiger partial charge in [-0.05, 0) is 60.9 Å². The fraction of sp³-hybridized carbons (Fsp3) is 0.300. The zero-order valence-corrected chi connectivity index (χ0v) is 20.4. The molecule has 1 amide bonds. The Bertz CT molecular complexity index is 1590. The van der Waals surface area contributed by atoms with Crippen molar-refractivity contribution < 1.29 is 4.79 Å². The number of hydrogen-bond acceptors (Lipinski definition) is 3. The SMILES string of the molecule is Cc1cccc2c1nc(-c1ccc(-c3ccc4cn[nH]c4c3)cc1)n2CC1CCN(C(=O)C2CC2)C1. The van der Waals surface area contributed by atoms with Crippen molar-refractivity contribution in [1.82, 2.24) is 24.6 Å². The fourth-order valence-corrected chi connectivity index (χ4v) is 5.65. The maximum atomic E-state index is 12.6. The van der Waals surface area contributed by atoms with Crippen LogP contribution in [0.15, 0.2) is 66.9 Å². The van der Waals surface area contributed by atoms with Crippen molar-refractivity contribution in [3.05, 3.63) is 72.4 Å². The topological polar surface area (TPSA) is 66.8 Å². The lowest BCUT2D eigenvalue weighted by molar-refractivity contribution is -0.131. The van der Waals surface area contributed by atoms with Gasteiger partial charge in [-0.15, -0.1) is 0 Å². The Morgan fingerprint density at radius 3 is 2.64 bits per heavy atom. The molecular weight excluding hydrogens is 446 g/mol. The van der Waals surface area contributed by atoms with Crippen molar-refractivity contribution in [3.8, 4) is 22.5 Å². The Balaban J connectivity index is 1.22. The van der Waals surface area contributed by atoms with E-state index in [1.54, 1.807) is 0 Å². The zero-order valence-electron chi connectivity index (χ0n) is 20.4. The van der Waals surface area contributed by atoms with Gasteiger partial charge in [0.25, 0.3) is 0 Å². The minimum absolute atomic E-state index is 0.295. The van der Waals surface area contributed by atoms with Gasteiger partial charge >= 0.3 is 0 Å². The summed E-state index contributed by atoms with van der Waals surface area (Å²) in [5.74, 6) is 2.11. The fourth-order valence-electron chi connectivity index (χ4n) is 5.65. The number of benzene rings is 3. The van der Waals surface area contributed by atoms with Gasteiger partial charge in [0, 0.05) is 36.5 Å². The number of nitrogens with one attached hydrogen (secondary N) is 1. The molecule has 3 heterocycles. The molecule has 5 aromatic rings. The van der Waals surface area contributed by atoms with Crippen molar-refractivity contribution in [1.29, 1.82) is 0 Å². The molecule has 0 radical (unpaired) electrons. The molecule has 2 fully saturated rings. The highest BCUT2D eigenvalue weighted by Crippen LogP contribution is 2.35. The summed E-state index contributed by atoms with van der Waals surface area (Å²) in [6.45, 7) is 4.75. The number of rotatable bonds is 5. The first-order chi connectivity index (χ1) is 17.6. The second-order valence-corrected chi connectivity index (χ2v) is 10.5. The lowest BCUT2D eigenvalue weighted by Gasteiger charge is -2.18. The van der Waals surface area contributed by atoms with Crippen LogP contribution >= 0.6 is 0 Å². The van der Waals surface area contributed by atoms with Gasteiger partial charge in [0.05, 0.1) is 22.7 Å². The summed E-state index contributed by atoms with van der Waals surface area (Å²) in [7, 11) is 0. The zero-order chi connectivity index (χ0) is 24.2. The third-order valence-electron chi connectivity index (χ3n) is 7.86. The first-order valence-electron chi connectivity index (χ1n) is 12.9. The number of para-hydroxylation sites is 1. The van der Waals surface area contributed by atoms with Crippen LogP contribution < -0.4 is 0 Å². The number of fused-ring (bicyclic) bond motifs is 2. The van der Waals surface area contributed by atoms with Crippen LogP contribution in [0.5, 0.6) is 0 Å². The summed E-state index contributed by atoms with van der Waals surface area (Å²) in [6, 6.07) is 21.5. The second kappa shape index (κ2) is 8.33. The van der Waals surface area contributed by atoms with Crippen LogP contribution in [0.2, 0.25) is 0 Å². The highest BCUT2D eigenvalue weighted by molar-refractivity contribution is 5.86. The highest BCUT2D eigenvalue weighted by atomic mass is 16.2. The predicted octanol–water partition coefficient (Wildman–Crippen LogP) is 5.81. The van der Waals surface area contributed by atoms with E-state index < -0.39 is 0 Å². The second-order valence-electron chi connectivity index (χ2n) is 10.5. The molecule has 1 saturated carbocycles. The average molecular weight is 476 g/mol. The smallest absolute Gasteiger partial charge is 0.225 e. The van der Waals surface area contributed by atoms with Gasteiger partial charge in [-0.2, -0.15) is 5.10 Å². The Morgan fingerprint density at radius 2 is 1.81 bits per heavy atom. The Kier molecular flexibility index (Phi) is 4.94. The van der Waals surface area contributed by atoms with Gasteiger partial charge in [-0.3, -0.25) is 9.89 Å². The molecule has 0 bridgehead atoms. The molecule has 1 aliphatic heterocycles. The minimum atomic E-state index is 0.295. The third kappa shape index (κ3) is 3.68. The quantitative estimate of drug-likeness (QED) is 0.349. The van der Waals surface area contributed by atoms with E-state index in [2.05, 4.69) is 87.3 Å². The van der Waals surface area contributed by atoms with Gasteiger partial charge in [-0.1, -0.05) is 48.5 Å². The van der Waals surface area contributed by atoms with Gasteiger partial charge in [0.2, 0.25) is 5.91 Å². The van der Waals surface area contributed by atoms with Gasteiger partial charge < -0.3 is 9.47 Å². The molecule has 6 nitrogen and oxygen atoms in total. The van der Waals surface area contributed by atoms with Crippen LogP contribution in [0.25, 0.3) is 44.5 Å². The van der Waals surface area contributed by atoms with Gasteiger partial charge in [0.1, 0.15) is 5.82 Å². The van der Waals surface area contributed by atoms with Crippen LogP contribution in [-0.2, 0) is 11.3 Å². The number of aromatic nitrogens is 4. The molecule has 2 aliphatic rings. The number of H-pyrrole nitrogens is 1. The van der Waals surface area contributed by atoms with Crippen LogP contribution in [0.4, 0.5) is 0 Å². The number of carbonyl (C=O) groups is 1. The van der Waals surface area contributed by atoms with Crippen molar-refractivity contribution >= 4 is 27.8 Å². The maximum Gasteiger partial charge on any atom is 0.225 e. The molecule has 3 aromatic carbocycles. The molecule has 0 spiro atoms. The molecule has 1 saturated heterocycles. The number of amides is 1. The molecule has 2 aromatic heterocycles. The Morgan fingerprint density at radius 1 is 1.00 bits per heavy atom. The number of carbonyl (C=O) groups excluding carboxylic acids is 1. The summed E-state index contributed by atoms with van der Waals surface area (Å²) in [6.07, 6.45) is 5.04. The van der Waals surface area contributed by atoms with Crippen molar-refractivity contribution in [2.75, 3.05) is 13.1 Å². The largest absolute Gasteiger partial charge is 0.342 e. The first kappa shape index (κ1) is 21.4. The molecule has 7 rings (SSSR count). The number of likely N-dealkylation sites (tertiary alicyclic amines) is 1. The van der Waals surface area contributed by atoms with Crippen molar-refractivity contribution in [3.63, 3.8) is 0 Å². The normalized spacial score (nSPS) is 17.9. The van der Waals surface area contributed by atoms with E-state index in [1.807, 2.05) is 6.20 Å². The van der Waals surface area contributed by atoms with Crippen LogP contribution in [-0.4, -0.2) is 43.6 Å².